The van der Waals surface area contributed by atoms with Crippen molar-refractivity contribution >= 4 is 38.6 Å². The molecule has 250 valence electrons. The summed E-state index contributed by atoms with van der Waals surface area (Å²) in [4.78, 5) is 23.0. The van der Waals surface area contributed by atoms with E-state index in [9.17, 15) is 22.3 Å². The van der Waals surface area contributed by atoms with Crippen LogP contribution in [0.15, 0.2) is 78.0 Å². The van der Waals surface area contributed by atoms with Gasteiger partial charge in [0.2, 0.25) is 5.95 Å². The third-order valence-corrected chi connectivity index (χ3v) is 11.0. The average molecular weight is 692 g/mol. The summed E-state index contributed by atoms with van der Waals surface area (Å²) in [6.45, 7) is 8.34. The van der Waals surface area contributed by atoms with E-state index in [1.54, 1.807) is 36.7 Å². The van der Waals surface area contributed by atoms with Gasteiger partial charge in [-0.1, -0.05) is 38.1 Å². The Kier molecular flexibility index (Phi) is 10.1. The highest BCUT2D eigenvalue weighted by Gasteiger charge is 2.25. The number of thiazole rings is 1. The van der Waals surface area contributed by atoms with Crippen molar-refractivity contribution in [3.05, 3.63) is 95.3 Å². The zero-order valence-corrected chi connectivity index (χ0v) is 28.1. The standard InChI is InChI=1S/C34H35F2N7O3S2/c1-22(2)33-41-30(24-6-3-5-23(19-24)21-48(45,46)32-26(35)7-4-8-27(32)36)31(47-33)28-11-12-37-34(40-28)39-25-9-10-29(38-20-25)43-15-13-42(14-16-43)17-18-44/h3-12,19-20,22,44H,13-18,21H2,1-2H3,(H,37,39,40). The first-order valence-electron chi connectivity index (χ1n) is 15.5. The number of sulfone groups is 1. The Morgan fingerprint density at radius 2 is 1.71 bits per heavy atom. The van der Waals surface area contributed by atoms with Gasteiger partial charge in [-0.2, -0.15) is 0 Å². The number of hydrogen-bond acceptors (Lipinski definition) is 11. The second-order valence-corrected chi connectivity index (χ2v) is 14.7. The minimum absolute atomic E-state index is 0.122. The number of benzene rings is 2. The van der Waals surface area contributed by atoms with Crippen LogP contribution in [0.5, 0.6) is 0 Å². The maximum Gasteiger partial charge on any atom is 0.227 e. The number of aliphatic hydroxyl groups is 1. The summed E-state index contributed by atoms with van der Waals surface area (Å²) in [7, 11) is -4.31. The van der Waals surface area contributed by atoms with Crippen molar-refractivity contribution in [2.75, 3.05) is 49.5 Å². The van der Waals surface area contributed by atoms with Crippen LogP contribution in [0, 0.1) is 11.6 Å². The van der Waals surface area contributed by atoms with E-state index in [1.807, 2.05) is 32.0 Å². The van der Waals surface area contributed by atoms with Crippen molar-refractivity contribution in [2.24, 2.45) is 0 Å². The van der Waals surface area contributed by atoms with Gasteiger partial charge >= 0.3 is 0 Å². The van der Waals surface area contributed by atoms with Crippen LogP contribution in [0.25, 0.3) is 21.8 Å². The van der Waals surface area contributed by atoms with Crippen LogP contribution in [0.1, 0.15) is 30.3 Å². The zero-order chi connectivity index (χ0) is 33.8. The zero-order valence-electron chi connectivity index (χ0n) is 26.5. The van der Waals surface area contributed by atoms with Gasteiger partial charge in [-0.3, -0.25) is 4.90 Å². The van der Waals surface area contributed by atoms with E-state index in [0.29, 0.717) is 35.0 Å². The second kappa shape index (κ2) is 14.4. The van der Waals surface area contributed by atoms with Gasteiger partial charge in [0.05, 0.1) is 45.5 Å². The summed E-state index contributed by atoms with van der Waals surface area (Å²) >= 11 is 1.49. The molecule has 2 N–H and O–H groups in total. The Morgan fingerprint density at radius 3 is 2.40 bits per heavy atom. The lowest BCUT2D eigenvalue weighted by Crippen LogP contribution is -2.47. The van der Waals surface area contributed by atoms with Crippen LogP contribution < -0.4 is 10.2 Å². The molecule has 0 radical (unpaired) electrons. The molecule has 2 aromatic carbocycles. The summed E-state index contributed by atoms with van der Waals surface area (Å²) in [5.74, 6) is -1.45. The number of aliphatic hydroxyl groups excluding tert-OH is 1. The van der Waals surface area contributed by atoms with Gasteiger partial charge in [-0.05, 0) is 42.0 Å². The Balaban J connectivity index is 1.24. The molecule has 0 aliphatic carbocycles. The van der Waals surface area contributed by atoms with Crippen molar-refractivity contribution in [1.82, 2.24) is 24.8 Å². The molecule has 14 heteroatoms. The molecular weight excluding hydrogens is 657 g/mol. The molecule has 0 spiro atoms. The fourth-order valence-corrected chi connectivity index (χ4v) is 8.05. The van der Waals surface area contributed by atoms with Crippen LogP contribution >= 0.6 is 11.3 Å². The third kappa shape index (κ3) is 7.51. The quantitative estimate of drug-likeness (QED) is 0.173. The van der Waals surface area contributed by atoms with E-state index in [2.05, 4.69) is 25.1 Å². The van der Waals surface area contributed by atoms with Gasteiger partial charge in [-0.15, -0.1) is 11.3 Å². The van der Waals surface area contributed by atoms with Crippen LogP contribution in [-0.2, 0) is 15.6 Å². The van der Waals surface area contributed by atoms with E-state index < -0.39 is 32.1 Å². The highest BCUT2D eigenvalue weighted by atomic mass is 32.2. The van der Waals surface area contributed by atoms with Crippen molar-refractivity contribution in [1.29, 1.82) is 0 Å². The average Bonchev–Trinajstić information content (AvgIpc) is 3.52. The molecule has 0 amide bonds. The number of rotatable bonds is 11. The van der Waals surface area contributed by atoms with Gasteiger partial charge in [0.15, 0.2) is 9.84 Å². The fourth-order valence-electron chi connectivity index (χ4n) is 5.50. The molecule has 0 unspecified atom stereocenters. The first-order chi connectivity index (χ1) is 23.1. The lowest BCUT2D eigenvalue weighted by atomic mass is 10.1. The van der Waals surface area contributed by atoms with E-state index in [-0.39, 0.29) is 12.5 Å². The van der Waals surface area contributed by atoms with Gasteiger partial charge in [0, 0.05) is 50.4 Å². The topological polar surface area (TPSA) is 124 Å². The molecule has 1 fully saturated rings. The maximum atomic E-state index is 14.4. The molecule has 1 saturated heterocycles. The molecule has 0 bridgehead atoms. The first kappa shape index (κ1) is 33.5. The van der Waals surface area contributed by atoms with Crippen LogP contribution in [0.2, 0.25) is 0 Å². The fraction of sp³-hybridized carbons (Fsp3) is 0.294. The normalized spacial score (nSPS) is 14.1. The predicted molar refractivity (Wildman–Crippen MR) is 183 cm³/mol. The van der Waals surface area contributed by atoms with Crippen LogP contribution in [-0.4, -0.2) is 77.7 Å². The summed E-state index contributed by atoms with van der Waals surface area (Å²) in [5.41, 5.74) is 2.99. The SMILES string of the molecule is CC(C)c1nc(-c2cccc(CS(=O)(=O)c3c(F)cccc3F)c2)c(-c2ccnc(Nc3ccc(N4CCN(CCO)CC4)nc3)n2)s1. The summed E-state index contributed by atoms with van der Waals surface area (Å²) < 4.78 is 54.8. The molecule has 1 aliphatic heterocycles. The molecule has 5 aromatic rings. The van der Waals surface area contributed by atoms with Crippen LogP contribution in [0.4, 0.5) is 26.2 Å². The summed E-state index contributed by atoms with van der Waals surface area (Å²) in [6.07, 6.45) is 3.40. The largest absolute Gasteiger partial charge is 0.395 e. The van der Waals surface area contributed by atoms with E-state index >= 15 is 0 Å². The Morgan fingerprint density at radius 1 is 0.958 bits per heavy atom. The minimum Gasteiger partial charge on any atom is -0.395 e. The van der Waals surface area contributed by atoms with Crippen molar-refractivity contribution in [3.8, 4) is 21.8 Å². The van der Waals surface area contributed by atoms with Crippen LogP contribution in [0.3, 0.4) is 0 Å². The molecule has 0 atom stereocenters. The Hall–Kier alpha value is -4.37. The van der Waals surface area contributed by atoms with Gasteiger partial charge in [-0.25, -0.2) is 37.1 Å². The molecule has 48 heavy (non-hydrogen) atoms. The molecule has 0 saturated carbocycles. The lowest BCUT2D eigenvalue weighted by Gasteiger charge is -2.35. The van der Waals surface area contributed by atoms with Gasteiger partial charge < -0.3 is 15.3 Å². The number of pyridine rings is 1. The Bertz CT molecular complexity index is 1980. The third-order valence-electron chi connectivity index (χ3n) is 7.93. The van der Waals surface area contributed by atoms with Crippen molar-refractivity contribution in [3.63, 3.8) is 0 Å². The van der Waals surface area contributed by atoms with Crippen molar-refractivity contribution in [2.45, 2.75) is 30.4 Å². The highest BCUT2D eigenvalue weighted by molar-refractivity contribution is 7.90. The molecule has 3 aromatic heterocycles. The summed E-state index contributed by atoms with van der Waals surface area (Å²) in [6, 6.07) is 15.5. The first-order valence-corrected chi connectivity index (χ1v) is 18.0. The summed E-state index contributed by atoms with van der Waals surface area (Å²) in [5, 5.41) is 13.3. The number of anilines is 3. The lowest BCUT2D eigenvalue weighted by molar-refractivity contribution is 0.188. The molecule has 10 nitrogen and oxygen atoms in total. The number of nitrogens with one attached hydrogen (secondary N) is 1. The smallest absolute Gasteiger partial charge is 0.227 e. The number of halogens is 2. The molecule has 1 aliphatic rings. The number of β-amino-alcohol motifs (C(OH)–C–C–N with tert-alkyl or cyclic N) is 1. The Labute approximate surface area is 282 Å². The molecule has 6 rings (SSSR count). The minimum atomic E-state index is -4.31. The highest BCUT2D eigenvalue weighted by Crippen LogP contribution is 2.39. The molecule has 4 heterocycles. The number of nitrogens with zero attached hydrogens (tertiary/aromatic N) is 6. The molecular formula is C34H35F2N7O3S2. The number of hydrogen-bond donors (Lipinski definition) is 2. The van der Waals surface area contributed by atoms with Gasteiger partial charge in [0.25, 0.3) is 0 Å². The second-order valence-electron chi connectivity index (χ2n) is 11.7. The van der Waals surface area contributed by atoms with Gasteiger partial charge in [0.1, 0.15) is 22.3 Å². The maximum absolute atomic E-state index is 14.4. The monoisotopic (exact) mass is 691 g/mol. The van der Waals surface area contributed by atoms with E-state index in [4.69, 9.17) is 9.97 Å². The van der Waals surface area contributed by atoms with Crippen molar-refractivity contribution < 1.29 is 22.3 Å². The number of piperazine rings is 1. The van der Waals surface area contributed by atoms with E-state index in [1.165, 1.54) is 11.3 Å². The predicted octanol–water partition coefficient (Wildman–Crippen LogP) is 5.90. The number of aromatic nitrogens is 4. The van der Waals surface area contributed by atoms with E-state index in [0.717, 1.165) is 65.8 Å².